The number of nitrogens with one attached hydrogen (secondary N) is 1. The summed E-state index contributed by atoms with van der Waals surface area (Å²) < 4.78 is 10.5. The van der Waals surface area contributed by atoms with Crippen LogP contribution in [0.4, 0.5) is 5.69 Å². The van der Waals surface area contributed by atoms with E-state index in [1.54, 1.807) is 0 Å². The van der Waals surface area contributed by atoms with E-state index in [0.29, 0.717) is 6.79 Å². The zero-order chi connectivity index (χ0) is 10.7. The molecule has 0 aromatic heterocycles. The molecule has 0 atom stereocenters. The van der Waals surface area contributed by atoms with Crippen molar-refractivity contribution in [3.63, 3.8) is 0 Å². The molecule has 0 amide bonds. The summed E-state index contributed by atoms with van der Waals surface area (Å²) >= 11 is 0. The molecule has 15 heavy (non-hydrogen) atoms. The van der Waals surface area contributed by atoms with Crippen molar-refractivity contribution in [2.45, 2.75) is 13.3 Å². The maximum atomic E-state index is 5.29. The van der Waals surface area contributed by atoms with Crippen LogP contribution in [-0.4, -0.2) is 13.3 Å². The van der Waals surface area contributed by atoms with Crippen molar-refractivity contribution in [2.24, 2.45) is 0 Å². The number of benzene rings is 1. The van der Waals surface area contributed by atoms with Gasteiger partial charge < -0.3 is 14.8 Å². The molecule has 1 aliphatic heterocycles. The first-order valence-corrected chi connectivity index (χ1v) is 5.09. The van der Waals surface area contributed by atoms with Crippen LogP contribution in [0.15, 0.2) is 30.4 Å². The van der Waals surface area contributed by atoms with E-state index in [1.807, 2.05) is 18.2 Å². The summed E-state index contributed by atoms with van der Waals surface area (Å²) in [6, 6.07) is 5.85. The first kappa shape index (κ1) is 9.90. The van der Waals surface area contributed by atoms with Crippen molar-refractivity contribution < 1.29 is 9.47 Å². The lowest BCUT2D eigenvalue weighted by atomic mass is 10.2. The minimum Gasteiger partial charge on any atom is -0.454 e. The van der Waals surface area contributed by atoms with Gasteiger partial charge in [-0.25, -0.2) is 0 Å². The summed E-state index contributed by atoms with van der Waals surface area (Å²) in [5, 5.41) is 3.29. The number of hydrogen-bond acceptors (Lipinski definition) is 3. The Morgan fingerprint density at radius 2 is 2.20 bits per heavy atom. The molecule has 2 rings (SSSR count). The van der Waals surface area contributed by atoms with Gasteiger partial charge in [-0.1, -0.05) is 19.1 Å². The van der Waals surface area contributed by atoms with Gasteiger partial charge >= 0.3 is 0 Å². The van der Waals surface area contributed by atoms with Gasteiger partial charge in [0.1, 0.15) is 0 Å². The van der Waals surface area contributed by atoms with Crippen LogP contribution < -0.4 is 14.8 Å². The van der Waals surface area contributed by atoms with E-state index in [4.69, 9.17) is 9.47 Å². The van der Waals surface area contributed by atoms with E-state index in [0.717, 1.165) is 30.2 Å². The topological polar surface area (TPSA) is 30.5 Å². The summed E-state index contributed by atoms with van der Waals surface area (Å²) in [6.07, 6.45) is 0.998. The molecular formula is C12H15NO2. The molecule has 1 aliphatic rings. The molecule has 1 N–H and O–H groups in total. The second-order valence-corrected chi connectivity index (χ2v) is 3.53. The van der Waals surface area contributed by atoms with Gasteiger partial charge in [-0.2, -0.15) is 0 Å². The smallest absolute Gasteiger partial charge is 0.231 e. The zero-order valence-electron chi connectivity index (χ0n) is 8.88. The minimum atomic E-state index is 0.320. The molecule has 0 aliphatic carbocycles. The molecule has 1 aromatic rings. The Morgan fingerprint density at radius 3 is 3.00 bits per heavy atom. The number of hydrogen-bond donors (Lipinski definition) is 1. The van der Waals surface area contributed by atoms with Gasteiger partial charge in [0.25, 0.3) is 0 Å². The fraction of sp³-hybridized carbons (Fsp3) is 0.333. The average Bonchev–Trinajstić information content (AvgIpc) is 2.72. The van der Waals surface area contributed by atoms with Crippen LogP contribution in [0.1, 0.15) is 13.3 Å². The van der Waals surface area contributed by atoms with Crippen LogP contribution in [0.5, 0.6) is 11.5 Å². The van der Waals surface area contributed by atoms with E-state index in [1.165, 1.54) is 5.57 Å². The lowest BCUT2D eigenvalue weighted by molar-refractivity contribution is 0.174. The largest absolute Gasteiger partial charge is 0.454 e. The summed E-state index contributed by atoms with van der Waals surface area (Å²) in [4.78, 5) is 0. The Bertz CT molecular complexity index is 374. The van der Waals surface area contributed by atoms with E-state index in [9.17, 15) is 0 Å². The van der Waals surface area contributed by atoms with Crippen LogP contribution in [-0.2, 0) is 0 Å². The lowest BCUT2D eigenvalue weighted by Gasteiger charge is -2.07. The van der Waals surface area contributed by atoms with Gasteiger partial charge in [0.15, 0.2) is 11.5 Å². The number of anilines is 1. The molecule has 0 radical (unpaired) electrons. The Labute approximate surface area is 89.7 Å². The normalized spacial score (nSPS) is 12.6. The maximum absolute atomic E-state index is 5.29. The second kappa shape index (κ2) is 4.26. The van der Waals surface area contributed by atoms with Crippen LogP contribution >= 0.6 is 0 Å². The highest BCUT2D eigenvalue weighted by Crippen LogP contribution is 2.34. The third-order valence-corrected chi connectivity index (χ3v) is 2.42. The highest BCUT2D eigenvalue weighted by Gasteiger charge is 2.12. The quantitative estimate of drug-likeness (QED) is 0.767. The summed E-state index contributed by atoms with van der Waals surface area (Å²) in [5.41, 5.74) is 2.22. The van der Waals surface area contributed by atoms with E-state index in [2.05, 4.69) is 18.8 Å². The fourth-order valence-electron chi connectivity index (χ4n) is 1.36. The van der Waals surface area contributed by atoms with Gasteiger partial charge in [0, 0.05) is 18.3 Å². The molecule has 0 saturated carbocycles. The Morgan fingerprint density at radius 1 is 1.40 bits per heavy atom. The molecule has 0 spiro atoms. The van der Waals surface area contributed by atoms with Crippen molar-refractivity contribution in [2.75, 3.05) is 18.7 Å². The molecule has 0 unspecified atom stereocenters. The molecule has 80 valence electrons. The van der Waals surface area contributed by atoms with Gasteiger partial charge in [-0.3, -0.25) is 0 Å². The zero-order valence-corrected chi connectivity index (χ0v) is 8.88. The standard InChI is InChI=1S/C12H15NO2/c1-3-9(2)7-13-10-4-5-11-12(6-10)15-8-14-11/h4-6,13H,2-3,7-8H2,1H3. The third-order valence-electron chi connectivity index (χ3n) is 2.42. The molecule has 0 bridgehead atoms. The highest BCUT2D eigenvalue weighted by molar-refractivity contribution is 5.55. The average molecular weight is 205 g/mol. The van der Waals surface area contributed by atoms with Crippen molar-refractivity contribution in [1.29, 1.82) is 0 Å². The Hall–Kier alpha value is -1.64. The highest BCUT2D eigenvalue weighted by atomic mass is 16.7. The molecule has 0 saturated heterocycles. The second-order valence-electron chi connectivity index (χ2n) is 3.53. The maximum Gasteiger partial charge on any atom is 0.231 e. The van der Waals surface area contributed by atoms with E-state index in [-0.39, 0.29) is 0 Å². The predicted octanol–water partition coefficient (Wildman–Crippen LogP) is 2.79. The summed E-state index contributed by atoms with van der Waals surface area (Å²) in [6.45, 7) is 7.16. The summed E-state index contributed by atoms with van der Waals surface area (Å²) in [5.74, 6) is 1.62. The fourth-order valence-corrected chi connectivity index (χ4v) is 1.36. The van der Waals surface area contributed by atoms with Crippen LogP contribution in [0.25, 0.3) is 0 Å². The Kier molecular flexibility index (Phi) is 2.81. The predicted molar refractivity (Wildman–Crippen MR) is 60.5 cm³/mol. The van der Waals surface area contributed by atoms with Crippen LogP contribution in [0, 0.1) is 0 Å². The molecule has 1 aromatic carbocycles. The van der Waals surface area contributed by atoms with E-state index < -0.39 is 0 Å². The van der Waals surface area contributed by atoms with Gasteiger partial charge in [-0.15, -0.1) is 0 Å². The Balaban J connectivity index is 2.01. The molecule has 1 heterocycles. The molecule has 3 nitrogen and oxygen atoms in total. The summed E-state index contributed by atoms with van der Waals surface area (Å²) in [7, 11) is 0. The van der Waals surface area contributed by atoms with Crippen molar-refractivity contribution in [1.82, 2.24) is 0 Å². The number of rotatable bonds is 4. The van der Waals surface area contributed by atoms with E-state index >= 15 is 0 Å². The molecule has 0 fully saturated rings. The first-order valence-electron chi connectivity index (χ1n) is 5.09. The molecular weight excluding hydrogens is 190 g/mol. The lowest BCUT2D eigenvalue weighted by Crippen LogP contribution is -2.02. The SMILES string of the molecule is C=C(CC)CNc1ccc2c(c1)OCO2. The first-order chi connectivity index (χ1) is 7.29. The monoisotopic (exact) mass is 205 g/mol. The van der Waals surface area contributed by atoms with Crippen LogP contribution in [0.3, 0.4) is 0 Å². The third kappa shape index (κ3) is 2.24. The van der Waals surface area contributed by atoms with Crippen LogP contribution in [0.2, 0.25) is 0 Å². The van der Waals surface area contributed by atoms with Crippen molar-refractivity contribution in [3.05, 3.63) is 30.4 Å². The van der Waals surface area contributed by atoms with Gasteiger partial charge in [0.2, 0.25) is 6.79 Å². The number of ether oxygens (including phenoxy) is 2. The van der Waals surface area contributed by atoms with Gasteiger partial charge in [0.05, 0.1) is 0 Å². The van der Waals surface area contributed by atoms with Crippen molar-refractivity contribution >= 4 is 5.69 Å². The number of fused-ring (bicyclic) bond motifs is 1. The van der Waals surface area contributed by atoms with Crippen molar-refractivity contribution in [3.8, 4) is 11.5 Å². The minimum absolute atomic E-state index is 0.320. The molecule has 3 heteroatoms. The van der Waals surface area contributed by atoms with Gasteiger partial charge in [-0.05, 0) is 18.6 Å².